The van der Waals surface area contributed by atoms with Gasteiger partial charge in [-0.3, -0.25) is 19.5 Å². The molecule has 2 amide bonds. The first-order valence-corrected chi connectivity index (χ1v) is 11.2. The van der Waals surface area contributed by atoms with E-state index < -0.39 is 0 Å². The second kappa shape index (κ2) is 8.92. The van der Waals surface area contributed by atoms with Crippen LogP contribution < -0.4 is 9.47 Å². The van der Waals surface area contributed by atoms with Crippen LogP contribution in [0.3, 0.4) is 0 Å². The van der Waals surface area contributed by atoms with E-state index in [-0.39, 0.29) is 18.5 Å². The molecule has 0 aromatic heterocycles. The summed E-state index contributed by atoms with van der Waals surface area (Å²) in [5, 5.41) is 0. The van der Waals surface area contributed by atoms with Crippen molar-refractivity contribution in [2.45, 2.75) is 25.4 Å². The molecule has 0 spiro atoms. The Morgan fingerprint density at radius 2 is 1.84 bits per heavy atom. The van der Waals surface area contributed by atoms with Gasteiger partial charge in [0.2, 0.25) is 12.7 Å². The molecule has 31 heavy (non-hydrogen) atoms. The maximum atomic E-state index is 12.7. The molecule has 1 unspecified atom stereocenters. The number of fused-ring (bicyclic) bond motifs is 1. The van der Waals surface area contributed by atoms with E-state index in [0.717, 1.165) is 70.2 Å². The smallest absolute Gasteiger partial charge is 0.410 e. The summed E-state index contributed by atoms with van der Waals surface area (Å²) < 4.78 is 15.8. The lowest BCUT2D eigenvalue weighted by Crippen LogP contribution is -2.56. The van der Waals surface area contributed by atoms with Gasteiger partial charge in [0.25, 0.3) is 0 Å². The van der Waals surface area contributed by atoms with Crippen molar-refractivity contribution >= 4 is 12.0 Å². The quantitative estimate of drug-likeness (QED) is 0.689. The fourth-order valence-electron chi connectivity index (χ4n) is 4.90. The van der Waals surface area contributed by atoms with Crippen LogP contribution >= 0.6 is 0 Å². The van der Waals surface area contributed by atoms with Gasteiger partial charge in [-0.15, -0.1) is 0 Å². The second-order valence-electron chi connectivity index (χ2n) is 8.67. The Bertz CT molecular complexity index is 826. The summed E-state index contributed by atoms with van der Waals surface area (Å²) in [4.78, 5) is 32.8. The molecule has 3 saturated heterocycles. The normalized spacial score (nSPS) is 24.5. The molecule has 0 bridgehead atoms. The summed E-state index contributed by atoms with van der Waals surface area (Å²) in [5.41, 5.74) is 1.24. The first kappa shape index (κ1) is 20.4. The van der Waals surface area contributed by atoms with Gasteiger partial charge in [-0.1, -0.05) is 6.07 Å². The zero-order valence-corrected chi connectivity index (χ0v) is 17.8. The predicted molar refractivity (Wildman–Crippen MR) is 112 cm³/mol. The highest BCUT2D eigenvalue weighted by atomic mass is 16.7. The summed E-state index contributed by atoms with van der Waals surface area (Å²) in [6.45, 7) is 7.81. The summed E-state index contributed by atoms with van der Waals surface area (Å²) in [7, 11) is 0. The van der Waals surface area contributed by atoms with Crippen molar-refractivity contribution in [3.63, 3.8) is 0 Å². The lowest BCUT2D eigenvalue weighted by molar-refractivity contribution is -0.134. The minimum atomic E-state index is -0.375. The van der Waals surface area contributed by atoms with Gasteiger partial charge in [-0.2, -0.15) is 0 Å². The molecule has 3 fully saturated rings. The number of piperidine rings is 1. The van der Waals surface area contributed by atoms with Gasteiger partial charge in [0.1, 0.15) is 13.2 Å². The Labute approximate surface area is 182 Å². The summed E-state index contributed by atoms with van der Waals surface area (Å²) >= 11 is 0. The first-order valence-electron chi connectivity index (χ1n) is 11.2. The van der Waals surface area contributed by atoms with Crippen LogP contribution in [-0.4, -0.2) is 103 Å². The Kier molecular flexibility index (Phi) is 5.87. The third kappa shape index (κ3) is 4.57. The Morgan fingerprint density at radius 1 is 1.00 bits per heavy atom. The average Bonchev–Trinajstić information content (AvgIpc) is 3.43. The molecule has 1 aromatic carbocycles. The molecular weight excluding hydrogens is 400 g/mol. The Morgan fingerprint density at radius 3 is 2.65 bits per heavy atom. The molecule has 1 atom stereocenters. The van der Waals surface area contributed by atoms with E-state index in [1.54, 1.807) is 0 Å². The van der Waals surface area contributed by atoms with Gasteiger partial charge in [0, 0.05) is 51.9 Å². The Balaban J connectivity index is 1.10. The van der Waals surface area contributed by atoms with E-state index in [2.05, 4.69) is 21.9 Å². The lowest BCUT2D eigenvalue weighted by Gasteiger charge is -2.43. The van der Waals surface area contributed by atoms with Crippen LogP contribution in [0.1, 0.15) is 18.4 Å². The number of cyclic esters (lactones) is 1. The van der Waals surface area contributed by atoms with Gasteiger partial charge >= 0.3 is 6.09 Å². The molecule has 4 aliphatic rings. The molecule has 4 aliphatic heterocycles. The number of piperazine rings is 1. The van der Waals surface area contributed by atoms with E-state index in [1.807, 2.05) is 11.0 Å². The van der Waals surface area contributed by atoms with Gasteiger partial charge in [-0.25, -0.2) is 4.79 Å². The van der Waals surface area contributed by atoms with E-state index in [4.69, 9.17) is 14.2 Å². The van der Waals surface area contributed by atoms with Crippen LogP contribution in [0.25, 0.3) is 0 Å². The van der Waals surface area contributed by atoms with E-state index in [1.165, 1.54) is 10.5 Å². The number of carbonyl (C=O) groups excluding carboxylic acids is 2. The highest BCUT2D eigenvalue weighted by molar-refractivity contribution is 5.83. The average molecular weight is 431 g/mol. The highest BCUT2D eigenvalue weighted by Crippen LogP contribution is 2.33. The number of nitrogens with zero attached hydrogens (tertiary/aromatic N) is 4. The first-order chi connectivity index (χ1) is 15.2. The zero-order valence-electron chi connectivity index (χ0n) is 17.8. The summed E-state index contributed by atoms with van der Waals surface area (Å²) in [6.07, 6.45) is 1.76. The predicted octanol–water partition coefficient (Wildman–Crippen LogP) is 0.976. The minimum absolute atomic E-state index is 0.0324. The van der Waals surface area contributed by atoms with E-state index in [9.17, 15) is 9.59 Å². The standard InChI is InChI=1S/C22H30N4O5/c27-21(15-26-10-11-29-22(26)28)25-5-1-2-18(14-25)24-8-6-23(7-9-24)13-17-3-4-19-20(12-17)31-16-30-19/h3-4,12,18H,1-2,5-11,13-16H2. The monoisotopic (exact) mass is 430 g/mol. The lowest BCUT2D eigenvalue weighted by atomic mass is 10.0. The molecule has 9 heteroatoms. The summed E-state index contributed by atoms with van der Waals surface area (Å²) in [6, 6.07) is 6.58. The number of hydrogen-bond acceptors (Lipinski definition) is 7. The van der Waals surface area contributed by atoms with Crippen LogP contribution in [0.4, 0.5) is 4.79 Å². The van der Waals surface area contributed by atoms with Crippen molar-refractivity contribution < 1.29 is 23.8 Å². The van der Waals surface area contributed by atoms with Crippen molar-refractivity contribution in [1.29, 1.82) is 0 Å². The maximum Gasteiger partial charge on any atom is 0.410 e. The molecule has 9 nitrogen and oxygen atoms in total. The molecule has 168 valence electrons. The Hall–Kier alpha value is -2.52. The van der Waals surface area contributed by atoms with E-state index >= 15 is 0 Å². The number of likely N-dealkylation sites (tertiary alicyclic amines) is 1. The number of hydrogen-bond donors (Lipinski definition) is 0. The van der Waals surface area contributed by atoms with Crippen molar-refractivity contribution in [3.05, 3.63) is 23.8 Å². The van der Waals surface area contributed by atoms with Crippen LogP contribution in [0.2, 0.25) is 0 Å². The van der Waals surface area contributed by atoms with Crippen LogP contribution in [0.5, 0.6) is 11.5 Å². The topological polar surface area (TPSA) is 74.8 Å². The molecule has 0 saturated carbocycles. The van der Waals surface area contributed by atoms with Crippen LogP contribution in [0, 0.1) is 0 Å². The summed E-state index contributed by atoms with van der Waals surface area (Å²) in [5.74, 6) is 1.70. The molecule has 0 radical (unpaired) electrons. The third-order valence-corrected chi connectivity index (χ3v) is 6.69. The van der Waals surface area contributed by atoms with Crippen molar-refractivity contribution in [2.75, 3.05) is 65.8 Å². The SMILES string of the molecule is O=C(CN1CCOC1=O)N1CCCC(N2CCN(Cc3ccc4c(c3)OCO4)CC2)C1. The molecular formula is C22H30N4O5. The molecule has 0 N–H and O–H groups in total. The fraction of sp³-hybridized carbons (Fsp3) is 0.636. The second-order valence-corrected chi connectivity index (χ2v) is 8.67. The number of amides is 2. The number of carbonyl (C=O) groups is 2. The molecule has 4 heterocycles. The van der Waals surface area contributed by atoms with Crippen molar-refractivity contribution in [2.24, 2.45) is 0 Å². The molecule has 5 rings (SSSR count). The number of benzene rings is 1. The van der Waals surface area contributed by atoms with Gasteiger partial charge < -0.3 is 19.1 Å². The number of ether oxygens (including phenoxy) is 3. The van der Waals surface area contributed by atoms with Gasteiger partial charge in [0.05, 0.1) is 6.54 Å². The maximum absolute atomic E-state index is 12.7. The highest BCUT2D eigenvalue weighted by Gasteiger charge is 2.32. The van der Waals surface area contributed by atoms with Gasteiger partial charge in [-0.05, 0) is 30.5 Å². The van der Waals surface area contributed by atoms with Crippen molar-refractivity contribution in [3.8, 4) is 11.5 Å². The van der Waals surface area contributed by atoms with E-state index in [0.29, 0.717) is 26.0 Å². The molecule has 0 aliphatic carbocycles. The fourth-order valence-corrected chi connectivity index (χ4v) is 4.90. The van der Waals surface area contributed by atoms with Crippen molar-refractivity contribution in [1.82, 2.24) is 19.6 Å². The third-order valence-electron chi connectivity index (χ3n) is 6.69. The largest absolute Gasteiger partial charge is 0.454 e. The minimum Gasteiger partial charge on any atom is -0.454 e. The molecule has 1 aromatic rings. The van der Waals surface area contributed by atoms with Crippen LogP contribution in [0.15, 0.2) is 18.2 Å². The zero-order chi connectivity index (χ0) is 21.2. The van der Waals surface area contributed by atoms with Gasteiger partial charge in [0.15, 0.2) is 11.5 Å². The van der Waals surface area contributed by atoms with Crippen LogP contribution in [-0.2, 0) is 16.1 Å². The number of rotatable bonds is 5.